The SMILES string of the molecule is c1ccc(-c2ccc3ccc4cc(-c5cccc(-c6cnc7c(ccc8ccc(-c9ccccc9)nc87)c6)c5)cnc4c3n2)cc1. The Balaban J connectivity index is 1.09. The standard InChI is InChI=1S/C42H26N4/c1-3-8-27(9-4-1)37-20-18-29-14-16-33-23-35(25-43-39(33)41(29)45-37)31-12-7-13-32(22-31)36-24-34-17-15-30-19-21-38(28-10-5-2-6-11-28)46-42(30)40(34)44-26-36/h1-26H. The summed E-state index contributed by atoms with van der Waals surface area (Å²) in [6.45, 7) is 0. The Labute approximate surface area is 265 Å². The fourth-order valence-corrected chi connectivity index (χ4v) is 6.29. The lowest BCUT2D eigenvalue weighted by Gasteiger charge is -2.10. The molecule has 9 rings (SSSR count). The van der Waals surface area contributed by atoms with Crippen LogP contribution in [0.15, 0.2) is 158 Å². The second kappa shape index (κ2) is 10.7. The molecule has 4 heterocycles. The summed E-state index contributed by atoms with van der Waals surface area (Å²) < 4.78 is 0. The van der Waals surface area contributed by atoms with Crippen molar-refractivity contribution in [1.29, 1.82) is 0 Å². The smallest absolute Gasteiger partial charge is 0.0972 e. The van der Waals surface area contributed by atoms with E-state index in [-0.39, 0.29) is 0 Å². The minimum Gasteiger partial charge on any atom is -0.253 e. The second-order valence-corrected chi connectivity index (χ2v) is 11.6. The van der Waals surface area contributed by atoms with Gasteiger partial charge in [0.05, 0.1) is 33.5 Å². The van der Waals surface area contributed by atoms with Crippen LogP contribution in [0.1, 0.15) is 0 Å². The van der Waals surface area contributed by atoms with Gasteiger partial charge in [0, 0.05) is 56.2 Å². The van der Waals surface area contributed by atoms with E-state index < -0.39 is 0 Å². The zero-order valence-corrected chi connectivity index (χ0v) is 24.8. The molecule has 0 amide bonds. The molecule has 9 aromatic rings. The summed E-state index contributed by atoms with van der Waals surface area (Å²) in [5.74, 6) is 0. The van der Waals surface area contributed by atoms with Crippen molar-refractivity contribution in [1.82, 2.24) is 19.9 Å². The summed E-state index contributed by atoms with van der Waals surface area (Å²) in [6, 6.07) is 50.5. The predicted octanol–water partition coefficient (Wildman–Crippen LogP) is 10.5. The maximum atomic E-state index is 5.02. The van der Waals surface area contributed by atoms with Crippen LogP contribution in [0.5, 0.6) is 0 Å². The minimum atomic E-state index is 0.908. The fourth-order valence-electron chi connectivity index (χ4n) is 6.29. The highest BCUT2D eigenvalue weighted by molar-refractivity contribution is 6.05. The lowest BCUT2D eigenvalue weighted by atomic mass is 9.98. The summed E-state index contributed by atoms with van der Waals surface area (Å²) in [6.07, 6.45) is 3.91. The Morgan fingerprint density at radius 2 is 0.696 bits per heavy atom. The molecule has 4 nitrogen and oxygen atoms in total. The first kappa shape index (κ1) is 26.2. The maximum absolute atomic E-state index is 5.02. The molecule has 0 aliphatic heterocycles. The Hall–Kier alpha value is -6.26. The molecule has 46 heavy (non-hydrogen) atoms. The van der Waals surface area contributed by atoms with Gasteiger partial charge in [-0.05, 0) is 41.5 Å². The summed E-state index contributed by atoms with van der Waals surface area (Å²) in [4.78, 5) is 19.9. The van der Waals surface area contributed by atoms with E-state index in [0.717, 1.165) is 88.4 Å². The lowest BCUT2D eigenvalue weighted by Crippen LogP contribution is -1.91. The Morgan fingerprint density at radius 3 is 1.17 bits per heavy atom. The van der Waals surface area contributed by atoms with Gasteiger partial charge in [0.15, 0.2) is 0 Å². The van der Waals surface area contributed by atoms with Crippen molar-refractivity contribution >= 4 is 43.6 Å². The van der Waals surface area contributed by atoms with Crippen molar-refractivity contribution in [3.8, 4) is 44.8 Å². The number of hydrogen-bond acceptors (Lipinski definition) is 4. The monoisotopic (exact) mass is 586 g/mol. The summed E-state index contributed by atoms with van der Waals surface area (Å²) in [5, 5.41) is 4.29. The van der Waals surface area contributed by atoms with Crippen LogP contribution in [-0.2, 0) is 0 Å². The number of pyridine rings is 4. The largest absolute Gasteiger partial charge is 0.253 e. The van der Waals surface area contributed by atoms with E-state index in [2.05, 4.69) is 109 Å². The molecule has 5 aromatic carbocycles. The van der Waals surface area contributed by atoms with Crippen LogP contribution in [0.25, 0.3) is 88.4 Å². The van der Waals surface area contributed by atoms with Gasteiger partial charge in [-0.1, -0.05) is 115 Å². The van der Waals surface area contributed by atoms with Gasteiger partial charge >= 0.3 is 0 Å². The van der Waals surface area contributed by atoms with Crippen LogP contribution in [-0.4, -0.2) is 19.9 Å². The molecule has 0 aliphatic rings. The van der Waals surface area contributed by atoms with Gasteiger partial charge in [0.2, 0.25) is 0 Å². The quantitative estimate of drug-likeness (QED) is 0.193. The second-order valence-electron chi connectivity index (χ2n) is 11.6. The number of hydrogen-bond donors (Lipinski definition) is 0. The molecule has 4 aromatic heterocycles. The molecule has 0 atom stereocenters. The van der Waals surface area contributed by atoms with Gasteiger partial charge in [0.1, 0.15) is 0 Å². The highest BCUT2D eigenvalue weighted by atomic mass is 14.8. The van der Waals surface area contributed by atoms with E-state index in [9.17, 15) is 0 Å². The van der Waals surface area contributed by atoms with Crippen LogP contribution in [0.4, 0.5) is 0 Å². The third kappa shape index (κ3) is 4.56. The molecule has 4 heteroatoms. The van der Waals surface area contributed by atoms with E-state index >= 15 is 0 Å². The molecule has 214 valence electrons. The lowest BCUT2D eigenvalue weighted by molar-refractivity contribution is 1.36. The molecule has 0 saturated carbocycles. The van der Waals surface area contributed by atoms with Crippen molar-refractivity contribution < 1.29 is 0 Å². The molecule has 0 bridgehead atoms. The normalized spacial score (nSPS) is 11.5. The van der Waals surface area contributed by atoms with E-state index in [1.165, 1.54) is 0 Å². The molecule has 0 spiro atoms. The molecule has 0 N–H and O–H groups in total. The molecule has 0 aliphatic carbocycles. The van der Waals surface area contributed by atoms with Crippen LogP contribution in [0, 0.1) is 0 Å². The molecule has 0 saturated heterocycles. The number of fused-ring (bicyclic) bond motifs is 6. The van der Waals surface area contributed by atoms with E-state index in [1.807, 2.05) is 48.8 Å². The summed E-state index contributed by atoms with van der Waals surface area (Å²) in [5.41, 5.74) is 12.1. The molecule has 0 radical (unpaired) electrons. The van der Waals surface area contributed by atoms with Crippen molar-refractivity contribution in [3.63, 3.8) is 0 Å². The van der Waals surface area contributed by atoms with Crippen LogP contribution in [0.2, 0.25) is 0 Å². The highest BCUT2D eigenvalue weighted by Gasteiger charge is 2.11. The Morgan fingerprint density at radius 1 is 0.283 bits per heavy atom. The third-order valence-corrected chi connectivity index (χ3v) is 8.69. The number of benzene rings is 5. The topological polar surface area (TPSA) is 51.6 Å². The minimum absolute atomic E-state index is 0.908. The molecule has 0 fully saturated rings. The number of nitrogens with zero attached hydrogens (tertiary/aromatic N) is 4. The summed E-state index contributed by atoms with van der Waals surface area (Å²) >= 11 is 0. The van der Waals surface area contributed by atoms with Crippen molar-refractivity contribution in [2.45, 2.75) is 0 Å². The summed E-state index contributed by atoms with van der Waals surface area (Å²) in [7, 11) is 0. The van der Waals surface area contributed by atoms with Gasteiger partial charge in [-0.15, -0.1) is 0 Å². The van der Waals surface area contributed by atoms with Gasteiger partial charge in [0.25, 0.3) is 0 Å². The first-order valence-electron chi connectivity index (χ1n) is 15.4. The van der Waals surface area contributed by atoms with E-state index in [0.29, 0.717) is 0 Å². The van der Waals surface area contributed by atoms with Crippen molar-refractivity contribution in [3.05, 3.63) is 158 Å². The van der Waals surface area contributed by atoms with Gasteiger partial charge in [-0.3, -0.25) is 9.97 Å². The molecule has 0 unspecified atom stereocenters. The number of aromatic nitrogens is 4. The van der Waals surface area contributed by atoms with Gasteiger partial charge < -0.3 is 0 Å². The first-order chi connectivity index (χ1) is 22.8. The predicted molar refractivity (Wildman–Crippen MR) is 189 cm³/mol. The van der Waals surface area contributed by atoms with Gasteiger partial charge in [-0.25, -0.2) is 9.97 Å². The van der Waals surface area contributed by atoms with E-state index in [4.69, 9.17) is 19.9 Å². The Kier molecular flexibility index (Phi) is 6.10. The zero-order chi connectivity index (χ0) is 30.5. The Bertz CT molecular complexity index is 2400. The molecular formula is C42H26N4. The average Bonchev–Trinajstić information content (AvgIpc) is 3.14. The van der Waals surface area contributed by atoms with Crippen molar-refractivity contribution in [2.24, 2.45) is 0 Å². The van der Waals surface area contributed by atoms with Crippen LogP contribution >= 0.6 is 0 Å². The number of rotatable bonds is 4. The molecular weight excluding hydrogens is 560 g/mol. The average molecular weight is 587 g/mol. The zero-order valence-electron chi connectivity index (χ0n) is 24.8. The third-order valence-electron chi connectivity index (χ3n) is 8.69. The fraction of sp³-hybridized carbons (Fsp3) is 0. The first-order valence-corrected chi connectivity index (χ1v) is 15.4. The van der Waals surface area contributed by atoms with Gasteiger partial charge in [-0.2, -0.15) is 0 Å². The van der Waals surface area contributed by atoms with Crippen LogP contribution < -0.4 is 0 Å². The highest BCUT2D eigenvalue weighted by Crippen LogP contribution is 2.33. The van der Waals surface area contributed by atoms with Crippen LogP contribution in [0.3, 0.4) is 0 Å². The van der Waals surface area contributed by atoms with Crippen molar-refractivity contribution in [2.75, 3.05) is 0 Å². The maximum Gasteiger partial charge on any atom is 0.0972 e. The van der Waals surface area contributed by atoms with E-state index in [1.54, 1.807) is 0 Å².